The molecule has 5 nitrogen and oxygen atoms in total. The van der Waals surface area contributed by atoms with Gasteiger partial charge < -0.3 is 15.4 Å². The van der Waals surface area contributed by atoms with Gasteiger partial charge >= 0.3 is 0 Å². The smallest absolute Gasteiger partial charge is 0.225 e. The van der Waals surface area contributed by atoms with E-state index in [9.17, 15) is 0 Å². The lowest BCUT2D eigenvalue weighted by molar-refractivity contribution is 0.419. The second-order valence-electron chi connectivity index (χ2n) is 6.72. The van der Waals surface area contributed by atoms with Crippen molar-refractivity contribution in [2.45, 2.75) is 38.1 Å². The number of nitrogens with one attached hydrogen (secondary N) is 2. The first-order chi connectivity index (χ1) is 12.8. The maximum atomic E-state index is 5.53. The largest absolute Gasteiger partial charge is 0.494 e. The zero-order valence-electron chi connectivity index (χ0n) is 15.4. The molecule has 0 aliphatic heterocycles. The van der Waals surface area contributed by atoms with E-state index in [0.717, 1.165) is 28.2 Å². The third kappa shape index (κ3) is 4.42. The molecule has 142 valence electrons. The average Bonchev–Trinajstić information content (AvgIpc) is 2.69. The molecule has 2 N–H and O–H groups in total. The zero-order valence-corrected chi connectivity index (χ0v) is 16.3. The van der Waals surface area contributed by atoms with Gasteiger partial charge in [-0.25, -0.2) is 4.98 Å². The minimum Gasteiger partial charge on any atom is -0.494 e. The Morgan fingerprint density at radius 3 is 2.44 bits per heavy atom. The summed E-state index contributed by atoms with van der Waals surface area (Å²) in [6, 6.07) is 16.4. The fourth-order valence-electron chi connectivity index (χ4n) is 3.54. The SMILES string of the molecule is COc1cccc2c(Nc3ccccc3)nc(NC3CCCCC3)nc12.Cl. The summed E-state index contributed by atoms with van der Waals surface area (Å²) >= 11 is 0. The number of hydrogen-bond acceptors (Lipinski definition) is 5. The van der Waals surface area contributed by atoms with Gasteiger partial charge in [0, 0.05) is 17.1 Å². The third-order valence-corrected chi connectivity index (χ3v) is 4.88. The summed E-state index contributed by atoms with van der Waals surface area (Å²) in [6.07, 6.45) is 6.21. The number of benzene rings is 2. The van der Waals surface area contributed by atoms with Gasteiger partial charge in [-0.15, -0.1) is 12.4 Å². The number of ether oxygens (including phenoxy) is 1. The molecule has 6 heteroatoms. The highest BCUT2D eigenvalue weighted by Gasteiger charge is 2.17. The molecule has 0 atom stereocenters. The average molecular weight is 385 g/mol. The molecule has 1 fully saturated rings. The van der Waals surface area contributed by atoms with E-state index in [2.05, 4.69) is 10.6 Å². The second-order valence-corrected chi connectivity index (χ2v) is 6.72. The van der Waals surface area contributed by atoms with Gasteiger partial charge in [-0.2, -0.15) is 4.98 Å². The van der Waals surface area contributed by atoms with Crippen LogP contribution in [0.5, 0.6) is 5.75 Å². The molecule has 1 heterocycles. The predicted molar refractivity (Wildman–Crippen MR) is 114 cm³/mol. The summed E-state index contributed by atoms with van der Waals surface area (Å²) in [4.78, 5) is 9.53. The Morgan fingerprint density at radius 2 is 1.70 bits per heavy atom. The fraction of sp³-hybridized carbons (Fsp3) is 0.333. The Balaban J connectivity index is 0.00000210. The summed E-state index contributed by atoms with van der Waals surface area (Å²) < 4.78 is 5.53. The second kappa shape index (κ2) is 8.91. The van der Waals surface area contributed by atoms with Crippen LogP contribution in [0.4, 0.5) is 17.5 Å². The third-order valence-electron chi connectivity index (χ3n) is 4.88. The topological polar surface area (TPSA) is 59.1 Å². The van der Waals surface area contributed by atoms with Gasteiger partial charge in [-0.1, -0.05) is 43.5 Å². The Morgan fingerprint density at radius 1 is 0.926 bits per heavy atom. The highest BCUT2D eigenvalue weighted by molar-refractivity contribution is 5.95. The number of methoxy groups -OCH3 is 1. The summed E-state index contributed by atoms with van der Waals surface area (Å²) in [6.45, 7) is 0. The minimum atomic E-state index is 0. The molecule has 0 unspecified atom stereocenters. The molecule has 1 aliphatic rings. The molecule has 0 saturated heterocycles. The molecule has 27 heavy (non-hydrogen) atoms. The Hall–Kier alpha value is -2.53. The number of hydrogen-bond donors (Lipinski definition) is 2. The first kappa shape index (κ1) is 19.2. The Bertz CT molecular complexity index is 882. The van der Waals surface area contributed by atoms with Crippen molar-refractivity contribution >= 4 is 40.8 Å². The van der Waals surface area contributed by atoms with Crippen molar-refractivity contribution in [3.05, 3.63) is 48.5 Å². The van der Waals surface area contributed by atoms with Gasteiger partial charge in [0.25, 0.3) is 0 Å². The van der Waals surface area contributed by atoms with Crippen molar-refractivity contribution in [1.82, 2.24) is 9.97 Å². The number of halogens is 1. The predicted octanol–water partition coefficient (Wildman–Crippen LogP) is 5.55. The van der Waals surface area contributed by atoms with Crippen LogP contribution in [0, 0.1) is 0 Å². The van der Waals surface area contributed by atoms with Gasteiger partial charge in [0.05, 0.1) is 7.11 Å². The van der Waals surface area contributed by atoms with Crippen molar-refractivity contribution in [3.8, 4) is 5.75 Å². The molecule has 1 aliphatic carbocycles. The lowest BCUT2D eigenvalue weighted by Crippen LogP contribution is -2.23. The van der Waals surface area contributed by atoms with Crippen LogP contribution in [0.15, 0.2) is 48.5 Å². The van der Waals surface area contributed by atoms with Crippen LogP contribution in [0.1, 0.15) is 32.1 Å². The molecule has 0 radical (unpaired) electrons. The van der Waals surface area contributed by atoms with Crippen molar-refractivity contribution in [3.63, 3.8) is 0 Å². The molecule has 0 amide bonds. The standard InChI is InChI=1S/C21H24N4O.ClH/c1-26-18-14-8-13-17-19(18)24-21(23-16-11-6-3-7-12-16)25-20(17)22-15-9-4-2-5-10-15;/h2,4-5,8-10,13-14,16H,3,6-7,11-12H2,1H3,(H2,22,23,24,25);1H. The number of anilines is 3. The highest BCUT2D eigenvalue weighted by atomic mass is 35.5. The fourth-order valence-corrected chi connectivity index (χ4v) is 3.54. The van der Waals surface area contributed by atoms with Crippen LogP contribution < -0.4 is 15.4 Å². The molecule has 1 aromatic heterocycles. The van der Waals surface area contributed by atoms with E-state index in [1.54, 1.807) is 7.11 Å². The van der Waals surface area contributed by atoms with E-state index in [1.165, 1.54) is 32.1 Å². The Labute approximate surface area is 166 Å². The molecule has 3 aromatic rings. The van der Waals surface area contributed by atoms with Crippen LogP contribution in [0.2, 0.25) is 0 Å². The molecule has 4 rings (SSSR count). The normalized spacial score (nSPS) is 14.4. The van der Waals surface area contributed by atoms with Crippen LogP contribution in [0.25, 0.3) is 10.9 Å². The van der Waals surface area contributed by atoms with Gasteiger partial charge in [-0.05, 0) is 37.1 Å². The van der Waals surface area contributed by atoms with E-state index in [1.807, 2.05) is 48.5 Å². The van der Waals surface area contributed by atoms with Crippen molar-refractivity contribution in [1.29, 1.82) is 0 Å². The monoisotopic (exact) mass is 384 g/mol. The summed E-state index contributed by atoms with van der Waals surface area (Å²) in [7, 11) is 1.68. The van der Waals surface area contributed by atoms with Crippen LogP contribution in [-0.2, 0) is 0 Å². The first-order valence-electron chi connectivity index (χ1n) is 9.27. The first-order valence-corrected chi connectivity index (χ1v) is 9.27. The maximum absolute atomic E-state index is 5.53. The zero-order chi connectivity index (χ0) is 17.8. The lowest BCUT2D eigenvalue weighted by Gasteiger charge is -2.23. The summed E-state index contributed by atoms with van der Waals surface area (Å²) in [5.41, 5.74) is 1.82. The Kier molecular flexibility index (Phi) is 6.35. The van der Waals surface area contributed by atoms with Crippen LogP contribution in [0.3, 0.4) is 0 Å². The molecule has 0 spiro atoms. The number of para-hydroxylation sites is 2. The van der Waals surface area contributed by atoms with Crippen LogP contribution in [-0.4, -0.2) is 23.1 Å². The van der Waals surface area contributed by atoms with Gasteiger partial charge in [0.2, 0.25) is 5.95 Å². The number of fused-ring (bicyclic) bond motifs is 1. The van der Waals surface area contributed by atoms with E-state index in [-0.39, 0.29) is 12.4 Å². The minimum absolute atomic E-state index is 0. The summed E-state index contributed by atoms with van der Waals surface area (Å²) in [5, 5.41) is 7.91. The molecule has 1 saturated carbocycles. The van der Waals surface area contributed by atoms with Crippen molar-refractivity contribution in [2.24, 2.45) is 0 Å². The molecular weight excluding hydrogens is 360 g/mol. The van der Waals surface area contributed by atoms with E-state index >= 15 is 0 Å². The van der Waals surface area contributed by atoms with Crippen LogP contribution >= 0.6 is 12.4 Å². The van der Waals surface area contributed by atoms with Gasteiger partial charge in [0.1, 0.15) is 17.1 Å². The van der Waals surface area contributed by atoms with Gasteiger partial charge in [0.15, 0.2) is 0 Å². The van der Waals surface area contributed by atoms with E-state index in [4.69, 9.17) is 14.7 Å². The lowest BCUT2D eigenvalue weighted by atomic mass is 9.96. The van der Waals surface area contributed by atoms with E-state index in [0.29, 0.717) is 12.0 Å². The maximum Gasteiger partial charge on any atom is 0.225 e. The summed E-state index contributed by atoms with van der Waals surface area (Å²) in [5.74, 6) is 2.21. The molecule has 2 aromatic carbocycles. The van der Waals surface area contributed by atoms with Crippen molar-refractivity contribution in [2.75, 3.05) is 17.7 Å². The van der Waals surface area contributed by atoms with Crippen molar-refractivity contribution < 1.29 is 4.74 Å². The highest BCUT2D eigenvalue weighted by Crippen LogP contribution is 2.31. The number of aromatic nitrogens is 2. The van der Waals surface area contributed by atoms with E-state index < -0.39 is 0 Å². The quantitative estimate of drug-likeness (QED) is 0.604. The molecular formula is C21H25ClN4O. The molecule has 0 bridgehead atoms. The number of rotatable bonds is 5. The van der Waals surface area contributed by atoms with Gasteiger partial charge in [-0.3, -0.25) is 0 Å². The number of nitrogens with zero attached hydrogens (tertiary/aromatic N) is 2.